The lowest BCUT2D eigenvalue weighted by Crippen LogP contribution is -2.29. The molecule has 1 amide bonds. The van der Waals surface area contributed by atoms with Gasteiger partial charge in [0.2, 0.25) is 0 Å². The zero-order valence-electron chi connectivity index (χ0n) is 15.8. The zero-order chi connectivity index (χ0) is 20.0. The molecule has 0 fully saturated rings. The van der Waals surface area contributed by atoms with Crippen LogP contribution in [0.2, 0.25) is 0 Å². The van der Waals surface area contributed by atoms with Crippen LogP contribution in [0.1, 0.15) is 33.2 Å². The summed E-state index contributed by atoms with van der Waals surface area (Å²) in [5, 5.41) is 7.41. The Balaban J connectivity index is 1.72. The molecule has 1 N–H and O–H groups in total. The molecule has 142 valence electrons. The van der Waals surface area contributed by atoms with Crippen molar-refractivity contribution in [3.63, 3.8) is 0 Å². The molecule has 1 aliphatic heterocycles. The van der Waals surface area contributed by atoms with Crippen molar-refractivity contribution in [2.75, 3.05) is 4.90 Å². The topological polar surface area (TPSA) is 49.0 Å². The van der Waals surface area contributed by atoms with Gasteiger partial charge in [0, 0.05) is 16.8 Å². The van der Waals surface area contributed by atoms with Crippen LogP contribution in [0.5, 0.6) is 0 Å². The normalized spacial score (nSPS) is 15.6. The molecule has 5 rings (SSSR count). The molecule has 0 bridgehead atoms. The van der Waals surface area contributed by atoms with Gasteiger partial charge in [-0.1, -0.05) is 60.2 Å². The van der Waals surface area contributed by atoms with E-state index in [1.54, 1.807) is 17.0 Å². The number of aromatic amines is 1. The maximum absolute atomic E-state index is 13.6. The SMILES string of the molecule is Cc1ccc(-c2n[nH]c3c2[C@@H](c2ccc(F)cc2)N(c2ccccc2)C3=O)cc1. The Morgan fingerprint density at radius 1 is 0.931 bits per heavy atom. The number of aromatic nitrogens is 2. The number of benzene rings is 3. The van der Waals surface area contributed by atoms with Gasteiger partial charge < -0.3 is 0 Å². The van der Waals surface area contributed by atoms with Gasteiger partial charge in [-0.3, -0.25) is 14.8 Å². The average Bonchev–Trinajstić information content (AvgIpc) is 3.29. The van der Waals surface area contributed by atoms with Gasteiger partial charge >= 0.3 is 0 Å². The van der Waals surface area contributed by atoms with Crippen molar-refractivity contribution in [2.24, 2.45) is 0 Å². The first-order valence-electron chi connectivity index (χ1n) is 9.43. The van der Waals surface area contributed by atoms with Crippen LogP contribution in [-0.2, 0) is 0 Å². The fraction of sp³-hybridized carbons (Fsp3) is 0.0833. The average molecular weight is 383 g/mol. The van der Waals surface area contributed by atoms with Crippen molar-refractivity contribution in [1.82, 2.24) is 10.2 Å². The number of rotatable bonds is 3. The van der Waals surface area contributed by atoms with Crippen molar-refractivity contribution < 1.29 is 9.18 Å². The molecule has 0 aliphatic carbocycles. The first-order chi connectivity index (χ1) is 14.1. The van der Waals surface area contributed by atoms with Gasteiger partial charge in [-0.25, -0.2) is 4.39 Å². The van der Waals surface area contributed by atoms with Crippen molar-refractivity contribution in [2.45, 2.75) is 13.0 Å². The highest BCUT2D eigenvalue weighted by molar-refractivity contribution is 6.11. The van der Waals surface area contributed by atoms with E-state index in [-0.39, 0.29) is 11.7 Å². The van der Waals surface area contributed by atoms with E-state index in [4.69, 9.17) is 0 Å². The van der Waals surface area contributed by atoms with Crippen LogP contribution in [0.25, 0.3) is 11.3 Å². The Morgan fingerprint density at radius 2 is 1.62 bits per heavy atom. The van der Waals surface area contributed by atoms with Gasteiger partial charge in [-0.2, -0.15) is 5.10 Å². The predicted molar refractivity (Wildman–Crippen MR) is 110 cm³/mol. The minimum absolute atomic E-state index is 0.147. The van der Waals surface area contributed by atoms with E-state index in [1.165, 1.54) is 12.1 Å². The number of anilines is 1. The lowest BCUT2D eigenvalue weighted by atomic mass is 9.95. The van der Waals surface area contributed by atoms with E-state index in [1.807, 2.05) is 61.5 Å². The maximum atomic E-state index is 13.6. The van der Waals surface area contributed by atoms with Gasteiger partial charge in [0.1, 0.15) is 11.5 Å². The third-order valence-electron chi connectivity index (χ3n) is 5.31. The summed E-state index contributed by atoms with van der Waals surface area (Å²) in [6.07, 6.45) is 0. The van der Waals surface area contributed by atoms with Crippen LogP contribution in [0.15, 0.2) is 78.9 Å². The fourth-order valence-corrected chi connectivity index (χ4v) is 3.89. The first kappa shape index (κ1) is 17.4. The molecular weight excluding hydrogens is 365 g/mol. The molecule has 0 spiro atoms. The van der Waals surface area contributed by atoms with E-state index < -0.39 is 6.04 Å². The summed E-state index contributed by atoms with van der Waals surface area (Å²) in [7, 11) is 0. The number of hydrogen-bond donors (Lipinski definition) is 1. The highest BCUT2D eigenvalue weighted by Gasteiger charge is 2.42. The number of para-hydroxylation sites is 1. The van der Waals surface area contributed by atoms with Crippen molar-refractivity contribution >= 4 is 11.6 Å². The van der Waals surface area contributed by atoms with Gasteiger partial charge in [-0.15, -0.1) is 0 Å². The number of nitrogens with zero attached hydrogens (tertiary/aromatic N) is 2. The minimum Gasteiger partial charge on any atom is -0.295 e. The summed E-state index contributed by atoms with van der Waals surface area (Å²) in [5.74, 6) is -0.457. The Hall–Kier alpha value is -3.73. The number of aryl methyl sites for hydroxylation is 1. The largest absolute Gasteiger partial charge is 0.295 e. The number of nitrogens with one attached hydrogen (secondary N) is 1. The highest BCUT2D eigenvalue weighted by Crippen LogP contribution is 2.44. The van der Waals surface area contributed by atoms with Crippen molar-refractivity contribution in [1.29, 1.82) is 0 Å². The molecule has 4 aromatic rings. The number of hydrogen-bond acceptors (Lipinski definition) is 2. The molecule has 0 saturated carbocycles. The predicted octanol–water partition coefficient (Wildman–Crippen LogP) is 5.27. The van der Waals surface area contributed by atoms with Crippen molar-refractivity contribution in [3.8, 4) is 11.3 Å². The van der Waals surface area contributed by atoms with Crippen molar-refractivity contribution in [3.05, 3.63) is 107 Å². The lowest BCUT2D eigenvalue weighted by Gasteiger charge is -2.26. The molecular formula is C24H18FN3O. The number of carbonyl (C=O) groups is 1. The van der Waals surface area contributed by atoms with Gasteiger partial charge in [-0.05, 0) is 36.8 Å². The smallest absolute Gasteiger partial charge is 0.277 e. The van der Waals surface area contributed by atoms with Crippen LogP contribution in [-0.4, -0.2) is 16.1 Å². The molecule has 5 heteroatoms. The van der Waals surface area contributed by atoms with E-state index >= 15 is 0 Å². The van der Waals surface area contributed by atoms with Crippen LogP contribution in [0.3, 0.4) is 0 Å². The van der Waals surface area contributed by atoms with Crippen LogP contribution >= 0.6 is 0 Å². The molecule has 2 heterocycles. The fourth-order valence-electron chi connectivity index (χ4n) is 3.89. The van der Waals surface area contributed by atoms with Gasteiger partial charge in [0.05, 0.1) is 11.7 Å². The minimum atomic E-state index is -0.393. The summed E-state index contributed by atoms with van der Waals surface area (Å²) in [5.41, 5.74) is 5.72. The number of carbonyl (C=O) groups excluding carboxylic acids is 1. The van der Waals surface area contributed by atoms with E-state index in [0.717, 1.165) is 33.6 Å². The molecule has 1 aliphatic rings. The van der Waals surface area contributed by atoms with Crippen LogP contribution in [0, 0.1) is 12.7 Å². The lowest BCUT2D eigenvalue weighted by molar-refractivity contribution is 0.0989. The molecule has 0 radical (unpaired) electrons. The molecule has 29 heavy (non-hydrogen) atoms. The Kier molecular flexibility index (Phi) is 4.02. The van der Waals surface area contributed by atoms with E-state index in [9.17, 15) is 9.18 Å². The summed E-state index contributed by atoms with van der Waals surface area (Å²) < 4.78 is 13.6. The Labute approximate surface area is 167 Å². The molecule has 1 aromatic heterocycles. The first-order valence-corrected chi connectivity index (χ1v) is 9.43. The quantitative estimate of drug-likeness (QED) is 0.524. The van der Waals surface area contributed by atoms with Crippen LogP contribution < -0.4 is 4.90 Å². The van der Waals surface area contributed by atoms with Gasteiger partial charge in [0.25, 0.3) is 5.91 Å². The summed E-state index contributed by atoms with van der Waals surface area (Å²) in [4.78, 5) is 15.1. The molecule has 3 aromatic carbocycles. The monoisotopic (exact) mass is 383 g/mol. The molecule has 0 unspecified atom stereocenters. The third kappa shape index (κ3) is 2.83. The second kappa shape index (κ2) is 6.71. The van der Waals surface area contributed by atoms with Gasteiger partial charge in [0.15, 0.2) is 0 Å². The number of amides is 1. The second-order valence-electron chi connectivity index (χ2n) is 7.19. The number of H-pyrrole nitrogens is 1. The standard InChI is InChI=1S/C24H18FN3O/c1-15-7-9-16(10-8-15)21-20-22(27-26-21)24(29)28(19-5-3-2-4-6-19)23(20)17-11-13-18(25)14-12-17/h2-14,23H,1H3,(H,26,27)/t23-/m1/s1. The molecule has 0 saturated heterocycles. The van der Waals surface area contributed by atoms with E-state index in [2.05, 4.69) is 10.2 Å². The highest BCUT2D eigenvalue weighted by atomic mass is 19.1. The Morgan fingerprint density at radius 3 is 2.31 bits per heavy atom. The summed E-state index contributed by atoms with van der Waals surface area (Å²) in [6.45, 7) is 2.03. The number of halogens is 1. The zero-order valence-corrected chi connectivity index (χ0v) is 15.8. The second-order valence-corrected chi connectivity index (χ2v) is 7.19. The Bertz CT molecular complexity index is 1180. The third-order valence-corrected chi connectivity index (χ3v) is 5.31. The molecule has 1 atom stereocenters. The van der Waals surface area contributed by atoms with E-state index in [0.29, 0.717) is 5.69 Å². The molecule has 4 nitrogen and oxygen atoms in total. The summed E-state index contributed by atoms with van der Waals surface area (Å²) >= 11 is 0. The van der Waals surface area contributed by atoms with Crippen LogP contribution in [0.4, 0.5) is 10.1 Å². The maximum Gasteiger partial charge on any atom is 0.277 e. The summed E-state index contributed by atoms with van der Waals surface area (Å²) in [6, 6.07) is 23.5. The number of fused-ring (bicyclic) bond motifs is 1.